The fourth-order valence-corrected chi connectivity index (χ4v) is 9.48. The molecule has 3 N–H and O–H groups in total. The SMILES string of the molecule is CCOP(=O)(NC(=O)[C@@]12CC1/C=C\CCCCC[C@H](NC(=O)OC1CCC1)C(=O)N1C[C@H](Oc3nc4ccccc4nc3-c3cccs3)C[C@H]1C(=O)N2)OCC. The Morgan fingerprint density at radius 1 is 0.982 bits per heavy atom. The molecular weight excluding hydrogens is 760 g/mol. The first-order chi connectivity index (χ1) is 27.1. The van der Waals surface area contributed by atoms with Crippen molar-refractivity contribution >= 4 is 53.9 Å². The standard InChI is InChI=1S/C39H49N6O9PS/c1-3-51-55(50,52-4-2)44-37(48)39-23-25(39)14-8-6-5-7-9-19-30(42-38(49)54-26-15-12-16-26)36(47)45-24-27(22-31(45)34(46)43-39)53-35-33(32-20-13-21-56-32)40-28-17-10-11-18-29(28)41-35/h8,10-11,13-14,17-18,20-21,25-27,30-31H,3-7,9,12,15-16,19,22-24H2,1-2H3,(H,42,49)(H,43,46)(H,44,48,50)/b14-8-/t25?,27-,30+,31+,39-/m1/s1. The van der Waals surface area contributed by atoms with E-state index < -0.39 is 61.2 Å². The van der Waals surface area contributed by atoms with Crippen molar-refractivity contribution in [1.29, 1.82) is 0 Å². The van der Waals surface area contributed by atoms with Crippen molar-refractivity contribution < 1.29 is 42.3 Å². The number of para-hydroxylation sites is 2. The lowest BCUT2D eigenvalue weighted by atomic mass is 9.96. The second-order valence-electron chi connectivity index (χ2n) is 14.6. The van der Waals surface area contributed by atoms with Gasteiger partial charge in [-0.25, -0.2) is 19.3 Å². The van der Waals surface area contributed by atoms with Crippen LogP contribution in [0.5, 0.6) is 5.88 Å². The largest absolute Gasteiger partial charge is 0.471 e. The molecule has 4 heterocycles. The molecule has 4 amide bonds. The van der Waals surface area contributed by atoms with Gasteiger partial charge in [0.05, 0.1) is 35.7 Å². The fraction of sp³-hybridized carbons (Fsp3) is 0.538. The highest BCUT2D eigenvalue weighted by molar-refractivity contribution is 7.52. The van der Waals surface area contributed by atoms with Gasteiger partial charge in [0.15, 0.2) is 0 Å². The molecule has 15 nitrogen and oxygen atoms in total. The molecule has 56 heavy (non-hydrogen) atoms. The molecule has 2 saturated carbocycles. The molecule has 2 aromatic heterocycles. The molecule has 2 aliphatic heterocycles. The number of alkyl carbamates (subject to hydrolysis) is 1. The second-order valence-corrected chi connectivity index (χ2v) is 17.3. The Morgan fingerprint density at radius 3 is 2.45 bits per heavy atom. The minimum atomic E-state index is -4.03. The number of nitrogens with zero attached hydrogens (tertiary/aromatic N) is 3. The van der Waals surface area contributed by atoms with Crippen LogP contribution in [0.2, 0.25) is 0 Å². The number of amides is 4. The summed E-state index contributed by atoms with van der Waals surface area (Å²) in [5, 5.41) is 10.1. The molecule has 7 rings (SSSR count). The maximum absolute atomic E-state index is 14.6. The van der Waals surface area contributed by atoms with Gasteiger partial charge in [-0.05, 0) is 82.4 Å². The average molecular weight is 809 g/mol. The number of thiophene rings is 1. The lowest BCUT2D eigenvalue weighted by Gasteiger charge is -2.31. The lowest BCUT2D eigenvalue weighted by Crippen LogP contribution is -2.57. The predicted octanol–water partition coefficient (Wildman–Crippen LogP) is 6.05. The van der Waals surface area contributed by atoms with Crippen molar-refractivity contribution in [1.82, 2.24) is 30.6 Å². The van der Waals surface area contributed by atoms with Crippen LogP contribution in [-0.4, -0.2) is 88.3 Å². The summed E-state index contributed by atoms with van der Waals surface area (Å²) in [6.45, 7) is 3.32. The molecule has 4 aliphatic rings. The van der Waals surface area contributed by atoms with Crippen molar-refractivity contribution in [3.8, 4) is 16.5 Å². The quantitative estimate of drug-likeness (QED) is 0.151. The number of hydrogen-bond donors (Lipinski definition) is 3. The molecule has 0 bridgehead atoms. The normalized spacial score (nSPS) is 26.4. The molecule has 3 fully saturated rings. The summed E-state index contributed by atoms with van der Waals surface area (Å²) in [6.07, 6.45) is 8.47. The monoisotopic (exact) mass is 808 g/mol. The Kier molecular flexibility index (Phi) is 12.4. The van der Waals surface area contributed by atoms with Gasteiger partial charge in [0.1, 0.15) is 35.5 Å². The molecular formula is C39H49N6O9PS. The van der Waals surface area contributed by atoms with E-state index in [2.05, 4.69) is 15.7 Å². The van der Waals surface area contributed by atoms with E-state index in [4.69, 9.17) is 28.5 Å². The van der Waals surface area contributed by atoms with Crippen LogP contribution in [0.1, 0.15) is 78.1 Å². The number of carbonyl (C=O) groups is 4. The summed E-state index contributed by atoms with van der Waals surface area (Å²) in [5.41, 5.74) is 0.380. The van der Waals surface area contributed by atoms with Crippen LogP contribution in [0.4, 0.5) is 4.79 Å². The maximum atomic E-state index is 14.6. The topological polar surface area (TPSA) is 187 Å². The maximum Gasteiger partial charge on any atom is 0.434 e. The van der Waals surface area contributed by atoms with Gasteiger partial charge < -0.3 is 25.0 Å². The first kappa shape index (κ1) is 39.8. The Bertz CT molecular complexity index is 1980. The third-order valence-electron chi connectivity index (χ3n) is 10.7. The van der Waals surface area contributed by atoms with E-state index in [0.29, 0.717) is 36.0 Å². The van der Waals surface area contributed by atoms with Crippen molar-refractivity contribution in [3.05, 3.63) is 53.9 Å². The van der Waals surface area contributed by atoms with Gasteiger partial charge in [0.2, 0.25) is 17.7 Å². The number of aromatic nitrogens is 2. The molecule has 0 radical (unpaired) electrons. The van der Waals surface area contributed by atoms with Gasteiger partial charge in [-0.1, -0.05) is 43.2 Å². The van der Waals surface area contributed by atoms with E-state index >= 15 is 0 Å². The van der Waals surface area contributed by atoms with E-state index in [0.717, 1.165) is 37.0 Å². The van der Waals surface area contributed by atoms with Gasteiger partial charge in [-0.2, -0.15) is 0 Å². The first-order valence-corrected chi connectivity index (χ1v) is 22.0. The molecule has 1 unspecified atom stereocenters. The van der Waals surface area contributed by atoms with Gasteiger partial charge in [0.25, 0.3) is 5.91 Å². The summed E-state index contributed by atoms with van der Waals surface area (Å²) in [5.74, 6) is -1.89. The van der Waals surface area contributed by atoms with Gasteiger partial charge in [0, 0.05) is 12.3 Å². The van der Waals surface area contributed by atoms with Crippen molar-refractivity contribution in [3.63, 3.8) is 0 Å². The van der Waals surface area contributed by atoms with Crippen LogP contribution in [-0.2, 0) is 32.7 Å². The van der Waals surface area contributed by atoms with Crippen molar-refractivity contribution in [2.75, 3.05) is 19.8 Å². The number of nitrogens with one attached hydrogen (secondary N) is 3. The van der Waals surface area contributed by atoms with Crippen LogP contribution < -0.4 is 20.5 Å². The Morgan fingerprint density at radius 2 is 1.75 bits per heavy atom. The van der Waals surface area contributed by atoms with E-state index in [1.807, 2.05) is 53.9 Å². The van der Waals surface area contributed by atoms with Crippen molar-refractivity contribution in [2.45, 2.75) is 108 Å². The summed E-state index contributed by atoms with van der Waals surface area (Å²) >= 11 is 1.48. The Hall–Kier alpha value is -4.37. The minimum Gasteiger partial charge on any atom is -0.471 e. The zero-order chi connectivity index (χ0) is 39.3. The van der Waals surface area contributed by atoms with Crippen molar-refractivity contribution in [2.24, 2.45) is 5.92 Å². The smallest absolute Gasteiger partial charge is 0.434 e. The summed E-state index contributed by atoms with van der Waals surface area (Å²) in [7, 11) is -4.03. The first-order valence-electron chi connectivity index (χ1n) is 19.6. The third kappa shape index (κ3) is 8.93. The number of rotatable bonds is 11. The fourth-order valence-electron chi connectivity index (χ4n) is 7.45. The molecule has 3 aromatic rings. The molecule has 1 aromatic carbocycles. The highest BCUT2D eigenvalue weighted by Gasteiger charge is 2.62. The molecule has 1 saturated heterocycles. The van der Waals surface area contributed by atoms with Crippen LogP contribution in [0.25, 0.3) is 21.6 Å². The molecule has 5 atom stereocenters. The third-order valence-corrected chi connectivity index (χ3v) is 13.2. The minimum absolute atomic E-state index is 0.00241. The number of ether oxygens (including phenoxy) is 2. The molecule has 0 spiro atoms. The van der Waals surface area contributed by atoms with Gasteiger partial charge >= 0.3 is 13.8 Å². The molecule has 2 aliphatic carbocycles. The van der Waals surface area contributed by atoms with E-state index in [1.165, 1.54) is 16.2 Å². The predicted molar refractivity (Wildman–Crippen MR) is 209 cm³/mol. The van der Waals surface area contributed by atoms with Gasteiger partial charge in [-0.3, -0.25) is 28.5 Å². The Balaban J connectivity index is 1.20. The summed E-state index contributed by atoms with van der Waals surface area (Å²) in [6, 6.07) is 9.22. The zero-order valence-corrected chi connectivity index (χ0v) is 33.4. The van der Waals surface area contributed by atoms with E-state index in [1.54, 1.807) is 13.8 Å². The van der Waals surface area contributed by atoms with E-state index in [-0.39, 0.29) is 44.6 Å². The van der Waals surface area contributed by atoms with E-state index in [9.17, 15) is 23.7 Å². The van der Waals surface area contributed by atoms with Crippen LogP contribution >= 0.6 is 19.1 Å². The molecule has 17 heteroatoms. The summed E-state index contributed by atoms with van der Waals surface area (Å²) < 4.78 is 36.3. The highest BCUT2D eigenvalue weighted by Crippen LogP contribution is 2.50. The average Bonchev–Trinajstić information content (AvgIpc) is 3.44. The van der Waals surface area contributed by atoms with Crippen LogP contribution in [0.15, 0.2) is 53.9 Å². The number of hydrogen-bond acceptors (Lipinski definition) is 12. The number of carbonyl (C=O) groups excluding carboxylic acids is 4. The summed E-state index contributed by atoms with van der Waals surface area (Å²) in [4.78, 5) is 68.2. The number of fused-ring (bicyclic) bond motifs is 3. The van der Waals surface area contributed by atoms with Gasteiger partial charge in [-0.15, -0.1) is 11.3 Å². The number of allylic oxidation sites excluding steroid dienone is 1. The lowest BCUT2D eigenvalue weighted by molar-refractivity contribution is -0.141. The molecule has 300 valence electrons. The van der Waals surface area contributed by atoms with Crippen LogP contribution in [0.3, 0.4) is 0 Å². The Labute approximate surface area is 329 Å². The zero-order valence-electron chi connectivity index (χ0n) is 31.6. The van der Waals surface area contributed by atoms with Crippen LogP contribution in [0, 0.1) is 5.92 Å². The second kappa shape index (κ2) is 17.4. The highest BCUT2D eigenvalue weighted by atomic mass is 32.1. The number of benzene rings is 1.